The quantitative estimate of drug-likeness (QED) is 0.476. The third kappa shape index (κ3) is 5.10. The highest BCUT2D eigenvalue weighted by Gasteiger charge is 2.31. The van der Waals surface area contributed by atoms with Crippen LogP contribution < -0.4 is 4.74 Å². The van der Waals surface area contributed by atoms with Crippen LogP contribution in [0.5, 0.6) is 5.88 Å². The Balaban J connectivity index is 1.14. The van der Waals surface area contributed by atoms with Crippen LogP contribution in [-0.4, -0.2) is 51.2 Å². The molecule has 1 unspecified atom stereocenters. The molecule has 35 heavy (non-hydrogen) atoms. The maximum absolute atomic E-state index is 14.1. The maximum Gasteiger partial charge on any atom is 0.260 e. The Hall–Kier alpha value is -3.18. The molecule has 1 aromatic carbocycles. The number of thiazole rings is 1. The van der Waals surface area contributed by atoms with Crippen molar-refractivity contribution in [2.45, 2.75) is 31.3 Å². The van der Waals surface area contributed by atoms with E-state index < -0.39 is 17.7 Å². The van der Waals surface area contributed by atoms with Gasteiger partial charge in [0.05, 0.1) is 16.3 Å². The van der Waals surface area contributed by atoms with Gasteiger partial charge in [-0.3, -0.25) is 4.79 Å². The number of oxime groups is 1. The first kappa shape index (κ1) is 23.6. The molecular weight excluding hydrogens is 500 g/mol. The van der Waals surface area contributed by atoms with Crippen LogP contribution in [0.1, 0.15) is 47.5 Å². The van der Waals surface area contributed by atoms with Crippen molar-refractivity contribution in [2.24, 2.45) is 5.16 Å². The van der Waals surface area contributed by atoms with Crippen LogP contribution in [0.15, 0.2) is 41.1 Å². The summed E-state index contributed by atoms with van der Waals surface area (Å²) in [7, 11) is 0. The molecule has 12 heteroatoms. The number of carbonyl (C=O) groups is 1. The fourth-order valence-corrected chi connectivity index (χ4v) is 5.27. The van der Waals surface area contributed by atoms with Crippen LogP contribution in [0.4, 0.5) is 8.78 Å². The summed E-state index contributed by atoms with van der Waals surface area (Å²) in [5, 5.41) is 6.97. The highest BCUT2D eigenvalue weighted by Crippen LogP contribution is 2.35. The molecule has 2 aliphatic heterocycles. The molecule has 182 valence electrons. The van der Waals surface area contributed by atoms with Crippen molar-refractivity contribution in [3.63, 3.8) is 0 Å². The number of carbonyl (C=O) groups excluding carboxylic acids is 1. The lowest BCUT2D eigenvalue weighted by Gasteiger charge is -2.31. The van der Waals surface area contributed by atoms with E-state index in [1.54, 1.807) is 4.90 Å². The summed E-state index contributed by atoms with van der Waals surface area (Å²) in [6.45, 7) is 0.997. The molecular formula is C23H20ClF2N5O3S. The van der Waals surface area contributed by atoms with E-state index in [9.17, 15) is 13.6 Å². The molecule has 4 heterocycles. The molecule has 0 spiro atoms. The van der Waals surface area contributed by atoms with E-state index in [-0.39, 0.29) is 41.4 Å². The molecule has 0 bridgehead atoms. The van der Waals surface area contributed by atoms with Gasteiger partial charge in [-0.15, -0.1) is 11.3 Å². The Bertz CT molecular complexity index is 1250. The van der Waals surface area contributed by atoms with Crippen LogP contribution in [0.25, 0.3) is 0 Å². The zero-order valence-electron chi connectivity index (χ0n) is 18.4. The maximum atomic E-state index is 14.1. The van der Waals surface area contributed by atoms with E-state index in [0.29, 0.717) is 24.5 Å². The standard InChI is InChI=1S/C23H20ClF2N5O3S/c24-21-22(28-7-6-27-21)33-11-19(32)31-8-4-13(5-9-31)23-29-17(12-35-23)16-10-18(34-30-16)20-14(25)2-1-3-15(20)26/h1-3,6-7,12-13,18H,4-5,8-11H2. The fourth-order valence-electron chi connectivity index (χ4n) is 4.11. The van der Waals surface area contributed by atoms with E-state index in [0.717, 1.165) is 17.8 Å². The predicted octanol–water partition coefficient (Wildman–Crippen LogP) is 4.52. The lowest BCUT2D eigenvalue weighted by atomic mass is 9.97. The molecule has 1 saturated heterocycles. The van der Waals surface area contributed by atoms with Crippen LogP contribution in [0, 0.1) is 11.6 Å². The molecule has 0 saturated carbocycles. The van der Waals surface area contributed by atoms with Crippen LogP contribution in [0.2, 0.25) is 5.15 Å². The number of hydrogen-bond donors (Lipinski definition) is 0. The largest absolute Gasteiger partial charge is 0.465 e. The summed E-state index contributed by atoms with van der Waals surface area (Å²) >= 11 is 7.41. The fraction of sp³-hybridized carbons (Fsp3) is 0.348. The van der Waals surface area contributed by atoms with E-state index in [1.807, 2.05) is 5.38 Å². The lowest BCUT2D eigenvalue weighted by molar-refractivity contribution is -0.134. The van der Waals surface area contributed by atoms with Gasteiger partial charge >= 0.3 is 0 Å². The molecule has 0 N–H and O–H groups in total. The van der Waals surface area contributed by atoms with Gasteiger partial charge < -0.3 is 14.5 Å². The summed E-state index contributed by atoms with van der Waals surface area (Å²) in [4.78, 5) is 32.1. The number of likely N-dealkylation sites (tertiary alicyclic amines) is 1. The number of halogens is 3. The number of benzene rings is 1. The SMILES string of the molecule is O=C(COc1nccnc1Cl)N1CCC(c2nc(C3=NOC(c4c(F)cccc4F)C3)cs2)CC1. The van der Waals surface area contributed by atoms with Gasteiger partial charge in [-0.1, -0.05) is 22.8 Å². The monoisotopic (exact) mass is 519 g/mol. The molecule has 1 atom stereocenters. The average Bonchev–Trinajstić information content (AvgIpc) is 3.54. The minimum atomic E-state index is -0.815. The number of rotatable bonds is 6. The van der Waals surface area contributed by atoms with Crippen molar-refractivity contribution in [3.8, 4) is 5.88 Å². The average molecular weight is 520 g/mol. The predicted molar refractivity (Wildman–Crippen MR) is 125 cm³/mol. The second-order valence-corrected chi connectivity index (χ2v) is 9.39. The second-order valence-electron chi connectivity index (χ2n) is 8.14. The summed E-state index contributed by atoms with van der Waals surface area (Å²) in [5.74, 6) is -1.12. The summed E-state index contributed by atoms with van der Waals surface area (Å²) in [5.41, 5.74) is 1.09. The highest BCUT2D eigenvalue weighted by molar-refractivity contribution is 7.10. The van der Waals surface area contributed by atoms with Crippen LogP contribution in [0.3, 0.4) is 0 Å². The first-order valence-corrected chi connectivity index (χ1v) is 12.2. The normalized spacial score (nSPS) is 18.3. The van der Waals surface area contributed by atoms with Crippen LogP contribution in [-0.2, 0) is 9.63 Å². The number of piperidine rings is 1. The van der Waals surface area contributed by atoms with Gasteiger partial charge in [-0.25, -0.2) is 23.7 Å². The summed E-state index contributed by atoms with van der Waals surface area (Å²) < 4.78 is 33.6. The Labute approximate surface area is 208 Å². The molecule has 0 aliphatic carbocycles. The Kier molecular flexibility index (Phi) is 6.87. The Morgan fingerprint density at radius 1 is 1.20 bits per heavy atom. The van der Waals surface area contributed by atoms with E-state index >= 15 is 0 Å². The van der Waals surface area contributed by atoms with Gasteiger partial charge in [0.1, 0.15) is 17.3 Å². The lowest BCUT2D eigenvalue weighted by Crippen LogP contribution is -2.40. The molecule has 8 nitrogen and oxygen atoms in total. The summed E-state index contributed by atoms with van der Waals surface area (Å²) in [6, 6.07) is 3.72. The molecule has 0 radical (unpaired) electrons. The van der Waals surface area contributed by atoms with Crippen molar-refractivity contribution < 1.29 is 23.1 Å². The highest BCUT2D eigenvalue weighted by atomic mass is 35.5. The molecule has 2 aromatic heterocycles. The van der Waals surface area contributed by atoms with Gasteiger partial charge in [-0.2, -0.15) is 0 Å². The summed E-state index contributed by atoms with van der Waals surface area (Å²) in [6.07, 6.45) is 3.84. The number of ether oxygens (including phenoxy) is 1. The van der Waals surface area contributed by atoms with E-state index in [2.05, 4.69) is 15.1 Å². The molecule has 5 rings (SSSR count). The first-order chi connectivity index (χ1) is 17.0. The minimum absolute atomic E-state index is 0.112. The third-order valence-corrected chi connectivity index (χ3v) is 7.23. The third-order valence-electron chi connectivity index (χ3n) is 5.96. The van der Waals surface area contributed by atoms with Gasteiger partial charge in [0.25, 0.3) is 11.8 Å². The van der Waals surface area contributed by atoms with Gasteiger partial charge in [0.2, 0.25) is 0 Å². The second kappa shape index (κ2) is 10.2. The smallest absolute Gasteiger partial charge is 0.260 e. The minimum Gasteiger partial charge on any atom is -0.465 e. The van der Waals surface area contributed by atoms with Crippen LogP contribution >= 0.6 is 22.9 Å². The zero-order chi connectivity index (χ0) is 24.4. The number of aromatic nitrogens is 3. The Morgan fingerprint density at radius 3 is 2.69 bits per heavy atom. The zero-order valence-corrected chi connectivity index (χ0v) is 19.9. The molecule has 1 fully saturated rings. The van der Waals surface area contributed by atoms with E-state index in [4.69, 9.17) is 26.2 Å². The van der Waals surface area contributed by atoms with E-state index in [1.165, 1.54) is 41.9 Å². The van der Waals surface area contributed by atoms with Gasteiger partial charge in [0.15, 0.2) is 17.9 Å². The number of nitrogens with zero attached hydrogens (tertiary/aromatic N) is 5. The molecule has 1 amide bonds. The van der Waals surface area contributed by atoms with Crippen molar-refractivity contribution >= 4 is 34.6 Å². The number of amides is 1. The van der Waals surface area contributed by atoms with Gasteiger partial charge in [-0.05, 0) is 25.0 Å². The topological polar surface area (TPSA) is 89.8 Å². The first-order valence-electron chi connectivity index (χ1n) is 11.0. The van der Waals surface area contributed by atoms with Crippen molar-refractivity contribution in [1.29, 1.82) is 0 Å². The Morgan fingerprint density at radius 2 is 1.94 bits per heavy atom. The molecule has 2 aliphatic rings. The van der Waals surface area contributed by atoms with Gasteiger partial charge in [0, 0.05) is 43.2 Å². The molecule has 3 aromatic rings. The van der Waals surface area contributed by atoms with Crippen molar-refractivity contribution in [3.05, 3.63) is 69.0 Å². The van der Waals surface area contributed by atoms with Crippen molar-refractivity contribution in [1.82, 2.24) is 19.9 Å². The number of hydrogen-bond acceptors (Lipinski definition) is 8. The van der Waals surface area contributed by atoms with Crippen molar-refractivity contribution in [2.75, 3.05) is 19.7 Å².